The number of hydrogen-bond acceptors (Lipinski definition) is 3. The van der Waals surface area contributed by atoms with Crippen LogP contribution in [0.4, 0.5) is 0 Å². The number of amides is 1. The Morgan fingerprint density at radius 1 is 1.38 bits per heavy atom. The van der Waals surface area contributed by atoms with Gasteiger partial charge in [0.1, 0.15) is 0 Å². The molecule has 7 heteroatoms. The van der Waals surface area contributed by atoms with Gasteiger partial charge >= 0.3 is 0 Å². The molecule has 1 amide bonds. The van der Waals surface area contributed by atoms with Crippen LogP contribution in [-0.2, 0) is 14.8 Å². The molecule has 0 fully saturated rings. The monoisotopic (exact) mass is 272 g/mol. The Morgan fingerprint density at radius 2 is 2.00 bits per heavy atom. The summed E-state index contributed by atoms with van der Waals surface area (Å²) in [7, 11) is -3.14. The smallest absolute Gasteiger partial charge is 0.220 e. The Balaban J connectivity index is 3.41. The van der Waals surface area contributed by atoms with Crippen molar-refractivity contribution in [1.82, 2.24) is 10.0 Å². The highest BCUT2D eigenvalue weighted by molar-refractivity contribution is 9.09. The number of alkyl halides is 1. The van der Waals surface area contributed by atoms with Gasteiger partial charge < -0.3 is 5.32 Å². The lowest BCUT2D eigenvalue weighted by Crippen LogP contribution is -2.34. The molecule has 0 aliphatic carbocycles. The first-order valence-corrected chi connectivity index (χ1v) is 6.74. The first-order chi connectivity index (χ1) is 5.95. The first-order valence-electron chi connectivity index (χ1n) is 3.73. The molecular weight excluding hydrogens is 260 g/mol. The predicted octanol–water partition coefficient (Wildman–Crippen LogP) is -0.563. The fraction of sp³-hybridized carbons (Fsp3) is 0.833. The van der Waals surface area contributed by atoms with Crippen molar-refractivity contribution >= 4 is 31.9 Å². The van der Waals surface area contributed by atoms with Crippen LogP contribution >= 0.6 is 15.9 Å². The predicted molar refractivity (Wildman–Crippen MR) is 54.3 cm³/mol. The number of carbonyl (C=O) groups is 1. The molecule has 0 aliphatic heterocycles. The van der Waals surface area contributed by atoms with Gasteiger partial charge in [-0.25, -0.2) is 13.1 Å². The van der Waals surface area contributed by atoms with E-state index >= 15 is 0 Å². The largest absolute Gasteiger partial charge is 0.355 e. The molecule has 0 aromatic rings. The second-order valence-corrected chi connectivity index (χ2v) is 5.08. The van der Waals surface area contributed by atoms with Crippen molar-refractivity contribution in [3.63, 3.8) is 0 Å². The van der Waals surface area contributed by atoms with Crippen LogP contribution < -0.4 is 10.0 Å². The van der Waals surface area contributed by atoms with E-state index < -0.39 is 10.0 Å². The second kappa shape index (κ2) is 6.33. The maximum Gasteiger partial charge on any atom is 0.220 e. The van der Waals surface area contributed by atoms with Crippen molar-refractivity contribution in [3.05, 3.63) is 0 Å². The van der Waals surface area contributed by atoms with E-state index in [1.807, 2.05) is 0 Å². The van der Waals surface area contributed by atoms with Gasteiger partial charge in [0.15, 0.2) is 0 Å². The molecule has 0 spiro atoms. The molecule has 0 saturated heterocycles. The Bertz CT molecular complexity index is 253. The minimum atomic E-state index is -3.14. The fourth-order valence-electron chi connectivity index (χ4n) is 0.613. The molecule has 13 heavy (non-hydrogen) atoms. The third-order valence-corrected chi connectivity index (χ3v) is 2.26. The molecular formula is C6H13BrN2O3S. The highest BCUT2D eigenvalue weighted by atomic mass is 79.9. The summed E-state index contributed by atoms with van der Waals surface area (Å²) in [6.45, 7) is 0.547. The number of sulfonamides is 1. The van der Waals surface area contributed by atoms with Gasteiger partial charge in [0.2, 0.25) is 15.9 Å². The SMILES string of the molecule is CS(=O)(=O)NCCNC(=O)CCBr. The molecule has 2 N–H and O–H groups in total. The minimum absolute atomic E-state index is 0.0906. The Morgan fingerprint density at radius 3 is 2.46 bits per heavy atom. The van der Waals surface area contributed by atoms with Crippen molar-refractivity contribution in [2.24, 2.45) is 0 Å². The Hall–Kier alpha value is -0.140. The maximum absolute atomic E-state index is 10.8. The Labute approximate surface area is 86.5 Å². The van der Waals surface area contributed by atoms with E-state index in [-0.39, 0.29) is 12.5 Å². The van der Waals surface area contributed by atoms with Gasteiger partial charge in [-0.1, -0.05) is 15.9 Å². The number of hydrogen-bond donors (Lipinski definition) is 2. The van der Waals surface area contributed by atoms with Crippen molar-refractivity contribution in [2.75, 3.05) is 24.7 Å². The van der Waals surface area contributed by atoms with E-state index in [9.17, 15) is 13.2 Å². The molecule has 0 saturated carbocycles. The van der Waals surface area contributed by atoms with Crippen molar-refractivity contribution < 1.29 is 13.2 Å². The zero-order valence-corrected chi connectivity index (χ0v) is 9.74. The summed E-state index contributed by atoms with van der Waals surface area (Å²) in [6, 6.07) is 0. The zero-order chi connectivity index (χ0) is 10.3. The third-order valence-electron chi connectivity index (χ3n) is 1.13. The van der Waals surface area contributed by atoms with Crippen LogP contribution in [0.5, 0.6) is 0 Å². The molecule has 0 unspecified atom stereocenters. The van der Waals surface area contributed by atoms with Gasteiger partial charge in [0.25, 0.3) is 0 Å². The second-order valence-electron chi connectivity index (χ2n) is 2.46. The first kappa shape index (κ1) is 12.9. The maximum atomic E-state index is 10.8. The van der Waals surface area contributed by atoms with E-state index in [0.717, 1.165) is 6.26 Å². The van der Waals surface area contributed by atoms with Gasteiger partial charge in [-0.15, -0.1) is 0 Å². The highest BCUT2D eigenvalue weighted by Crippen LogP contribution is 1.85. The number of rotatable bonds is 6. The van der Waals surface area contributed by atoms with E-state index in [4.69, 9.17) is 0 Å². The molecule has 0 atom stereocenters. The molecule has 0 aliphatic rings. The van der Waals surface area contributed by atoms with Gasteiger partial charge in [-0.3, -0.25) is 4.79 Å². The standard InChI is InChI=1S/C6H13BrN2O3S/c1-13(11,12)9-5-4-8-6(10)2-3-7/h9H,2-5H2,1H3,(H,8,10). The van der Waals surface area contributed by atoms with Crippen molar-refractivity contribution in [2.45, 2.75) is 6.42 Å². The molecule has 0 heterocycles. The average Bonchev–Trinajstić information content (AvgIpc) is 1.97. The van der Waals surface area contributed by atoms with Crippen molar-refractivity contribution in [3.8, 4) is 0 Å². The fourth-order valence-corrected chi connectivity index (χ4v) is 1.45. The van der Waals surface area contributed by atoms with Gasteiger partial charge in [-0.2, -0.15) is 0 Å². The van der Waals surface area contributed by atoms with E-state index in [2.05, 4.69) is 26.0 Å². The molecule has 0 radical (unpaired) electrons. The molecule has 0 bridgehead atoms. The average molecular weight is 273 g/mol. The van der Waals surface area contributed by atoms with Crippen LogP contribution in [0.2, 0.25) is 0 Å². The van der Waals surface area contributed by atoms with E-state index in [0.29, 0.717) is 18.3 Å². The number of halogens is 1. The lowest BCUT2D eigenvalue weighted by molar-refractivity contribution is -0.120. The summed E-state index contributed by atoms with van der Waals surface area (Å²) >= 11 is 3.12. The van der Waals surface area contributed by atoms with Crippen LogP contribution in [0.1, 0.15) is 6.42 Å². The summed E-state index contributed by atoms with van der Waals surface area (Å²) in [5.41, 5.74) is 0. The van der Waals surface area contributed by atoms with Gasteiger partial charge in [0, 0.05) is 24.8 Å². The number of nitrogens with one attached hydrogen (secondary N) is 2. The summed E-state index contributed by atoms with van der Waals surface area (Å²) in [5.74, 6) is -0.0906. The summed E-state index contributed by atoms with van der Waals surface area (Å²) < 4.78 is 23.4. The number of carbonyl (C=O) groups excluding carboxylic acids is 1. The molecule has 5 nitrogen and oxygen atoms in total. The lowest BCUT2D eigenvalue weighted by Gasteiger charge is -2.03. The zero-order valence-electron chi connectivity index (χ0n) is 7.34. The minimum Gasteiger partial charge on any atom is -0.355 e. The van der Waals surface area contributed by atoms with Gasteiger partial charge in [-0.05, 0) is 0 Å². The summed E-state index contributed by atoms with van der Waals surface area (Å²) in [4.78, 5) is 10.8. The molecule has 0 aromatic heterocycles. The lowest BCUT2D eigenvalue weighted by atomic mass is 10.4. The van der Waals surface area contributed by atoms with E-state index in [1.54, 1.807) is 0 Å². The van der Waals surface area contributed by atoms with E-state index in [1.165, 1.54) is 0 Å². The molecule has 0 aromatic carbocycles. The highest BCUT2D eigenvalue weighted by Gasteiger charge is 2.00. The van der Waals surface area contributed by atoms with Crippen LogP contribution in [0.3, 0.4) is 0 Å². The summed E-state index contributed by atoms with van der Waals surface area (Å²) in [6.07, 6.45) is 1.48. The van der Waals surface area contributed by atoms with Crippen LogP contribution in [-0.4, -0.2) is 39.0 Å². The quantitative estimate of drug-likeness (QED) is 0.503. The Kier molecular flexibility index (Phi) is 6.27. The van der Waals surface area contributed by atoms with Crippen LogP contribution in [0.25, 0.3) is 0 Å². The molecule has 78 valence electrons. The van der Waals surface area contributed by atoms with Crippen LogP contribution in [0, 0.1) is 0 Å². The topological polar surface area (TPSA) is 75.3 Å². The van der Waals surface area contributed by atoms with Crippen molar-refractivity contribution in [1.29, 1.82) is 0 Å². The normalized spacial score (nSPS) is 11.2. The summed E-state index contributed by atoms with van der Waals surface area (Å²) in [5, 5.41) is 3.17. The molecule has 0 rings (SSSR count). The van der Waals surface area contributed by atoms with Crippen LogP contribution in [0.15, 0.2) is 0 Å². The van der Waals surface area contributed by atoms with Gasteiger partial charge in [0.05, 0.1) is 6.26 Å². The third kappa shape index (κ3) is 9.78.